The zero-order valence-corrected chi connectivity index (χ0v) is 27.5. The molecule has 0 aliphatic rings. The molecule has 47 heavy (non-hydrogen) atoms. The Morgan fingerprint density at radius 3 is 2.34 bits per heavy atom. The quantitative estimate of drug-likeness (QED) is 0.175. The first-order valence-corrected chi connectivity index (χ1v) is 15.6. The van der Waals surface area contributed by atoms with E-state index >= 15 is 0 Å². The van der Waals surface area contributed by atoms with Crippen molar-refractivity contribution < 1.29 is 28.7 Å². The number of carbonyl (C=O) groups excluding carboxylic acids is 4. The summed E-state index contributed by atoms with van der Waals surface area (Å²) in [6.07, 6.45) is 1.37. The maximum Gasteiger partial charge on any atom is 0.416 e. The van der Waals surface area contributed by atoms with Gasteiger partial charge in [0, 0.05) is 19.2 Å². The van der Waals surface area contributed by atoms with Gasteiger partial charge >= 0.3 is 12.1 Å². The minimum atomic E-state index is -0.700. The third kappa shape index (κ3) is 10.1. The van der Waals surface area contributed by atoms with E-state index < -0.39 is 29.6 Å². The number of nitrogens with one attached hydrogen (secondary N) is 2. The molecule has 246 valence electrons. The maximum absolute atomic E-state index is 12.9. The summed E-state index contributed by atoms with van der Waals surface area (Å²) in [6, 6.07) is 24.9. The van der Waals surface area contributed by atoms with E-state index in [9.17, 15) is 19.2 Å². The van der Waals surface area contributed by atoms with Crippen molar-refractivity contribution in [2.75, 3.05) is 25.1 Å². The number of aromatic nitrogens is 1. The molecule has 0 aliphatic carbocycles. The Bertz CT molecular complexity index is 1710. The van der Waals surface area contributed by atoms with Crippen molar-refractivity contribution in [2.45, 2.75) is 58.6 Å². The van der Waals surface area contributed by atoms with Crippen LogP contribution in [-0.4, -0.2) is 54.7 Å². The number of carbonyl (C=O) groups is 4. The van der Waals surface area contributed by atoms with Gasteiger partial charge in [0.15, 0.2) is 0 Å². The van der Waals surface area contributed by atoms with Gasteiger partial charge in [0.05, 0.1) is 26.1 Å². The predicted octanol–water partition coefficient (Wildman–Crippen LogP) is 6.27. The number of hydrogen-bond acceptors (Lipinski definition) is 7. The molecule has 1 heterocycles. The highest BCUT2D eigenvalue weighted by atomic mass is 16.6. The molecule has 4 aromatic rings. The lowest BCUT2D eigenvalue weighted by Crippen LogP contribution is -2.40. The fraction of sp³-hybridized carbons (Fsp3) is 0.324. The van der Waals surface area contributed by atoms with E-state index in [0.717, 1.165) is 33.0 Å². The number of hydrogen-bond donors (Lipinski definition) is 2. The van der Waals surface area contributed by atoms with E-state index in [-0.39, 0.29) is 31.8 Å². The van der Waals surface area contributed by atoms with Crippen molar-refractivity contribution >= 4 is 40.5 Å². The summed E-state index contributed by atoms with van der Waals surface area (Å²) in [4.78, 5) is 56.4. The van der Waals surface area contributed by atoms with Gasteiger partial charge in [-0.15, -0.1) is 0 Å². The average molecular weight is 639 g/mol. The molecule has 0 saturated heterocycles. The van der Waals surface area contributed by atoms with Gasteiger partial charge in [0.2, 0.25) is 11.8 Å². The van der Waals surface area contributed by atoms with Gasteiger partial charge in [-0.1, -0.05) is 66.7 Å². The zero-order chi connectivity index (χ0) is 34.0. The number of fused-ring (bicyclic) bond motifs is 1. The smallest absolute Gasteiger partial charge is 0.416 e. The van der Waals surface area contributed by atoms with Crippen LogP contribution in [0.5, 0.6) is 0 Å². The third-order valence-corrected chi connectivity index (χ3v) is 7.37. The molecule has 10 nitrogen and oxygen atoms in total. The van der Waals surface area contributed by atoms with Crippen molar-refractivity contribution in [1.29, 1.82) is 0 Å². The molecule has 0 spiro atoms. The first kappa shape index (κ1) is 34.6. The fourth-order valence-electron chi connectivity index (χ4n) is 5.07. The van der Waals surface area contributed by atoms with Crippen molar-refractivity contribution in [3.05, 3.63) is 96.2 Å². The van der Waals surface area contributed by atoms with Crippen LogP contribution in [0.1, 0.15) is 57.2 Å². The Kier molecular flexibility index (Phi) is 11.7. The Morgan fingerprint density at radius 2 is 1.64 bits per heavy atom. The monoisotopic (exact) mass is 638 g/mol. The van der Waals surface area contributed by atoms with Crippen LogP contribution < -0.4 is 15.5 Å². The summed E-state index contributed by atoms with van der Waals surface area (Å²) < 4.78 is 10.4. The first-order valence-electron chi connectivity index (χ1n) is 15.6. The number of ether oxygens (including phenoxy) is 2. The van der Waals surface area contributed by atoms with Crippen LogP contribution in [0.25, 0.3) is 21.9 Å². The summed E-state index contributed by atoms with van der Waals surface area (Å²) in [5.74, 6) is -0.855. The van der Waals surface area contributed by atoms with Crippen molar-refractivity contribution in [2.24, 2.45) is 0 Å². The Labute approximate surface area is 275 Å². The number of benzene rings is 3. The Morgan fingerprint density at radius 1 is 0.915 bits per heavy atom. The van der Waals surface area contributed by atoms with Crippen molar-refractivity contribution in [3.63, 3.8) is 0 Å². The molecular formula is C37H42N4O6. The second-order valence-electron chi connectivity index (χ2n) is 12.3. The molecule has 3 aromatic carbocycles. The van der Waals surface area contributed by atoms with Gasteiger partial charge in [-0.3, -0.25) is 19.3 Å². The Balaban J connectivity index is 1.34. The predicted molar refractivity (Wildman–Crippen MR) is 182 cm³/mol. The number of rotatable bonds is 12. The summed E-state index contributed by atoms with van der Waals surface area (Å²) in [5.41, 5.74) is 3.04. The molecule has 0 aliphatic heterocycles. The van der Waals surface area contributed by atoms with Gasteiger partial charge in [-0.25, -0.2) is 9.78 Å². The zero-order valence-electron chi connectivity index (χ0n) is 27.5. The van der Waals surface area contributed by atoms with Gasteiger partial charge in [-0.2, -0.15) is 0 Å². The largest absolute Gasteiger partial charge is 0.469 e. The summed E-state index contributed by atoms with van der Waals surface area (Å²) in [7, 11) is 1.30. The van der Waals surface area contributed by atoms with Crippen LogP contribution >= 0.6 is 0 Å². The summed E-state index contributed by atoms with van der Waals surface area (Å²) >= 11 is 0. The van der Waals surface area contributed by atoms with Crippen LogP contribution in [-0.2, 0) is 23.9 Å². The summed E-state index contributed by atoms with van der Waals surface area (Å²) in [5, 5.41) is 7.74. The van der Waals surface area contributed by atoms with E-state index in [1.165, 1.54) is 12.0 Å². The number of esters is 1. The SMILES string of the molecule is COC(=O)C[C@H](NC(=O)CNC(=O)CCCN(C(=O)OC(C)(C)C)c1cc(C)ccn1)c1ccc(-c2cccc3ccccc23)cc1. The molecule has 1 aromatic heterocycles. The number of pyridine rings is 1. The van der Waals surface area contributed by atoms with Crippen LogP contribution in [0.2, 0.25) is 0 Å². The number of amides is 3. The van der Waals surface area contributed by atoms with E-state index in [1.807, 2.05) is 55.5 Å². The molecule has 10 heteroatoms. The van der Waals surface area contributed by atoms with Crippen LogP contribution in [0.15, 0.2) is 85.1 Å². The van der Waals surface area contributed by atoms with Gasteiger partial charge < -0.3 is 20.1 Å². The first-order chi connectivity index (χ1) is 22.4. The molecular weight excluding hydrogens is 596 g/mol. The Hall–Kier alpha value is -5.25. The van der Waals surface area contributed by atoms with E-state index in [4.69, 9.17) is 9.47 Å². The molecule has 2 N–H and O–H groups in total. The lowest BCUT2D eigenvalue weighted by atomic mass is 9.95. The number of anilines is 1. The van der Waals surface area contributed by atoms with Crippen LogP contribution in [0.3, 0.4) is 0 Å². The van der Waals surface area contributed by atoms with Crippen LogP contribution in [0, 0.1) is 6.92 Å². The second-order valence-corrected chi connectivity index (χ2v) is 12.3. The lowest BCUT2D eigenvalue weighted by molar-refractivity contribution is -0.141. The highest BCUT2D eigenvalue weighted by Crippen LogP contribution is 2.30. The standard InChI is InChI=1S/C37H42N4O6/c1-25-19-20-38-32(22-25)41(36(45)47-37(2,3)4)21-9-14-33(42)39-24-34(43)40-31(23-35(44)46-5)28-17-15-27(16-18-28)30-13-8-11-26-10-6-7-12-29(26)30/h6-8,10-13,15-20,22,31H,9,14,21,23-24H2,1-5H3,(H,39,42)(H,40,43)/t31-/m0/s1. The lowest BCUT2D eigenvalue weighted by Gasteiger charge is -2.27. The van der Waals surface area contributed by atoms with Gasteiger partial charge in [-0.05, 0) is 79.3 Å². The molecule has 0 fully saturated rings. The molecule has 4 rings (SSSR count). The van der Waals surface area contributed by atoms with E-state index in [0.29, 0.717) is 12.2 Å². The topological polar surface area (TPSA) is 127 Å². The minimum Gasteiger partial charge on any atom is -0.469 e. The number of methoxy groups -OCH3 is 1. The highest BCUT2D eigenvalue weighted by molar-refractivity contribution is 5.96. The van der Waals surface area contributed by atoms with Crippen LogP contribution in [0.4, 0.5) is 10.6 Å². The molecule has 0 unspecified atom stereocenters. The van der Waals surface area contributed by atoms with Crippen molar-refractivity contribution in [3.8, 4) is 11.1 Å². The van der Waals surface area contributed by atoms with E-state index in [2.05, 4.69) is 39.9 Å². The van der Waals surface area contributed by atoms with Gasteiger partial charge in [0.1, 0.15) is 11.4 Å². The normalized spacial score (nSPS) is 11.8. The maximum atomic E-state index is 12.9. The molecule has 1 atom stereocenters. The fourth-order valence-corrected chi connectivity index (χ4v) is 5.07. The summed E-state index contributed by atoms with van der Waals surface area (Å²) in [6.45, 7) is 7.15. The highest BCUT2D eigenvalue weighted by Gasteiger charge is 2.25. The minimum absolute atomic E-state index is 0.0691. The number of aryl methyl sites for hydroxylation is 1. The molecule has 0 saturated carbocycles. The third-order valence-electron chi connectivity index (χ3n) is 7.37. The average Bonchev–Trinajstić information content (AvgIpc) is 3.04. The molecule has 3 amide bonds. The van der Waals surface area contributed by atoms with E-state index in [1.54, 1.807) is 33.0 Å². The molecule has 0 bridgehead atoms. The second kappa shape index (κ2) is 15.8. The van der Waals surface area contributed by atoms with Gasteiger partial charge in [0.25, 0.3) is 0 Å². The number of nitrogens with zero attached hydrogens (tertiary/aromatic N) is 2. The van der Waals surface area contributed by atoms with Crippen molar-refractivity contribution in [1.82, 2.24) is 15.6 Å². The molecule has 0 radical (unpaired) electrons.